The standard InChI is InChI=1S/C28H26N2O2/c1-2-3-4-17-5-7-18(8-6-17)19-9-13-23-24-14-10-20-15-21(27(31)28(29)32)11-12-22(20)26(24)30-25(23)16-19/h5-9,11-13,15-16,30H,2-4,10,14H2,1H3,(H2,29,32). The van der Waals surface area contributed by atoms with Crippen molar-refractivity contribution < 1.29 is 9.59 Å². The summed E-state index contributed by atoms with van der Waals surface area (Å²) in [5.41, 5.74) is 15.0. The quantitative estimate of drug-likeness (QED) is 0.313. The number of rotatable bonds is 6. The van der Waals surface area contributed by atoms with Gasteiger partial charge in [-0.3, -0.25) is 9.59 Å². The van der Waals surface area contributed by atoms with Crippen molar-refractivity contribution in [2.24, 2.45) is 5.73 Å². The molecule has 4 aromatic rings. The third kappa shape index (κ3) is 3.52. The second-order valence-corrected chi connectivity index (χ2v) is 8.60. The number of amides is 1. The van der Waals surface area contributed by atoms with Crippen molar-refractivity contribution in [1.29, 1.82) is 0 Å². The summed E-state index contributed by atoms with van der Waals surface area (Å²) in [7, 11) is 0. The fraction of sp³-hybridized carbons (Fsp3) is 0.214. The van der Waals surface area contributed by atoms with Crippen molar-refractivity contribution in [3.63, 3.8) is 0 Å². The van der Waals surface area contributed by atoms with E-state index in [9.17, 15) is 9.59 Å². The number of aromatic amines is 1. The molecule has 0 atom stereocenters. The molecule has 1 aliphatic rings. The Kier molecular flexibility index (Phi) is 5.14. The van der Waals surface area contributed by atoms with Crippen LogP contribution < -0.4 is 5.73 Å². The fourth-order valence-electron chi connectivity index (χ4n) is 4.76. The van der Waals surface area contributed by atoms with Crippen LogP contribution in [0, 0.1) is 0 Å². The van der Waals surface area contributed by atoms with E-state index in [2.05, 4.69) is 54.4 Å². The zero-order valence-corrected chi connectivity index (χ0v) is 18.2. The van der Waals surface area contributed by atoms with Gasteiger partial charge in [0.2, 0.25) is 5.78 Å². The summed E-state index contributed by atoms with van der Waals surface area (Å²) in [6.07, 6.45) is 5.28. The molecule has 0 fully saturated rings. The van der Waals surface area contributed by atoms with Crippen molar-refractivity contribution in [3.8, 4) is 22.4 Å². The first-order valence-corrected chi connectivity index (χ1v) is 11.3. The molecular formula is C28H26N2O2. The lowest BCUT2D eigenvalue weighted by Gasteiger charge is -2.17. The Morgan fingerprint density at radius 3 is 2.47 bits per heavy atom. The minimum absolute atomic E-state index is 0.362. The molecular weight excluding hydrogens is 396 g/mol. The van der Waals surface area contributed by atoms with Crippen molar-refractivity contribution in [2.75, 3.05) is 0 Å². The average Bonchev–Trinajstić information content (AvgIpc) is 3.20. The number of unbranched alkanes of at least 4 members (excludes halogenated alkanes) is 1. The van der Waals surface area contributed by atoms with E-state index >= 15 is 0 Å². The molecule has 0 saturated heterocycles. The number of primary amides is 1. The highest BCUT2D eigenvalue weighted by Crippen LogP contribution is 2.39. The molecule has 3 N–H and O–H groups in total. The number of carbonyl (C=O) groups excluding carboxylic acids is 2. The zero-order valence-electron chi connectivity index (χ0n) is 18.2. The van der Waals surface area contributed by atoms with Gasteiger partial charge in [-0.05, 0) is 65.6 Å². The normalized spacial score (nSPS) is 12.4. The molecule has 1 amide bonds. The average molecular weight is 423 g/mol. The highest BCUT2D eigenvalue weighted by Gasteiger charge is 2.23. The summed E-state index contributed by atoms with van der Waals surface area (Å²) < 4.78 is 0. The van der Waals surface area contributed by atoms with E-state index in [1.165, 1.54) is 40.5 Å². The van der Waals surface area contributed by atoms with Crippen LogP contribution in [0.2, 0.25) is 0 Å². The summed E-state index contributed by atoms with van der Waals surface area (Å²) in [6.45, 7) is 2.22. The Morgan fingerprint density at radius 1 is 0.938 bits per heavy atom. The van der Waals surface area contributed by atoms with Crippen LogP contribution in [0.25, 0.3) is 33.3 Å². The minimum Gasteiger partial charge on any atom is -0.363 e. The summed E-state index contributed by atoms with van der Waals surface area (Å²) in [5, 5.41) is 1.24. The van der Waals surface area contributed by atoms with Crippen molar-refractivity contribution in [1.82, 2.24) is 4.98 Å². The van der Waals surface area contributed by atoms with Crippen molar-refractivity contribution >= 4 is 22.6 Å². The van der Waals surface area contributed by atoms with Crippen LogP contribution in [0.4, 0.5) is 0 Å². The van der Waals surface area contributed by atoms with Gasteiger partial charge in [0.1, 0.15) is 0 Å². The number of benzene rings is 3. The van der Waals surface area contributed by atoms with Crippen LogP contribution in [-0.2, 0) is 24.1 Å². The van der Waals surface area contributed by atoms with Gasteiger partial charge in [-0.25, -0.2) is 0 Å². The van der Waals surface area contributed by atoms with E-state index in [0.717, 1.165) is 41.6 Å². The largest absolute Gasteiger partial charge is 0.363 e. The lowest BCUT2D eigenvalue weighted by molar-refractivity contribution is -0.114. The first-order valence-electron chi connectivity index (χ1n) is 11.3. The molecule has 0 spiro atoms. The maximum absolute atomic E-state index is 12.0. The summed E-state index contributed by atoms with van der Waals surface area (Å²) in [6, 6.07) is 20.9. The number of aryl methyl sites for hydroxylation is 3. The summed E-state index contributed by atoms with van der Waals surface area (Å²) in [4.78, 5) is 26.9. The van der Waals surface area contributed by atoms with Crippen LogP contribution in [0.5, 0.6) is 0 Å². The van der Waals surface area contributed by atoms with Gasteiger partial charge < -0.3 is 10.7 Å². The SMILES string of the molecule is CCCCc1ccc(-c2ccc3c4c([nH]c3c2)-c2ccc(C(=O)C(N)=O)cc2CC4)cc1. The van der Waals surface area contributed by atoms with Gasteiger partial charge >= 0.3 is 0 Å². The van der Waals surface area contributed by atoms with Crippen LogP contribution in [0.15, 0.2) is 60.7 Å². The smallest absolute Gasteiger partial charge is 0.289 e. The predicted octanol–water partition coefficient (Wildman–Crippen LogP) is 5.61. The van der Waals surface area contributed by atoms with Crippen molar-refractivity contribution in [3.05, 3.63) is 82.9 Å². The monoisotopic (exact) mass is 422 g/mol. The number of hydrogen-bond donors (Lipinski definition) is 2. The van der Waals surface area contributed by atoms with Crippen LogP contribution in [-0.4, -0.2) is 16.7 Å². The van der Waals surface area contributed by atoms with E-state index < -0.39 is 11.7 Å². The number of carbonyl (C=O) groups is 2. The first kappa shape index (κ1) is 20.3. The number of H-pyrrole nitrogens is 1. The molecule has 0 saturated carbocycles. The molecule has 5 rings (SSSR count). The summed E-state index contributed by atoms with van der Waals surface area (Å²) in [5.74, 6) is -1.56. The Balaban J connectivity index is 1.50. The van der Waals surface area contributed by atoms with Crippen LogP contribution in [0.3, 0.4) is 0 Å². The molecule has 1 aromatic heterocycles. The number of nitrogens with one attached hydrogen (secondary N) is 1. The molecule has 0 bridgehead atoms. The highest BCUT2D eigenvalue weighted by molar-refractivity contribution is 6.42. The van der Waals surface area contributed by atoms with E-state index in [-0.39, 0.29) is 0 Å². The third-order valence-electron chi connectivity index (χ3n) is 6.52. The molecule has 4 nitrogen and oxygen atoms in total. The fourth-order valence-corrected chi connectivity index (χ4v) is 4.76. The molecule has 3 aromatic carbocycles. The second-order valence-electron chi connectivity index (χ2n) is 8.60. The van der Waals surface area contributed by atoms with Gasteiger partial charge in [-0.1, -0.05) is 61.9 Å². The van der Waals surface area contributed by atoms with Crippen LogP contribution >= 0.6 is 0 Å². The van der Waals surface area contributed by atoms with Gasteiger partial charge in [0.25, 0.3) is 5.91 Å². The Hall–Kier alpha value is -3.66. The van der Waals surface area contributed by atoms with Crippen LogP contribution in [0.1, 0.15) is 46.8 Å². The number of fused-ring (bicyclic) bond motifs is 5. The number of aromatic nitrogens is 1. The Bertz CT molecular complexity index is 1350. The van der Waals surface area contributed by atoms with Gasteiger partial charge in [0, 0.05) is 27.7 Å². The number of hydrogen-bond acceptors (Lipinski definition) is 2. The Morgan fingerprint density at radius 2 is 1.72 bits per heavy atom. The molecule has 160 valence electrons. The minimum atomic E-state index is -0.919. The van der Waals surface area contributed by atoms with Crippen molar-refractivity contribution in [2.45, 2.75) is 39.0 Å². The first-order chi connectivity index (χ1) is 15.5. The lowest BCUT2D eigenvalue weighted by atomic mass is 9.87. The third-order valence-corrected chi connectivity index (χ3v) is 6.52. The predicted molar refractivity (Wildman–Crippen MR) is 129 cm³/mol. The van der Waals surface area contributed by atoms with Gasteiger partial charge in [0.15, 0.2) is 0 Å². The van der Waals surface area contributed by atoms with E-state index in [1.807, 2.05) is 12.1 Å². The molecule has 1 aliphatic carbocycles. The Labute approximate surface area is 187 Å². The van der Waals surface area contributed by atoms with E-state index in [1.54, 1.807) is 6.07 Å². The highest BCUT2D eigenvalue weighted by atomic mass is 16.2. The van der Waals surface area contributed by atoms with Gasteiger partial charge in [-0.2, -0.15) is 0 Å². The van der Waals surface area contributed by atoms with E-state index in [4.69, 9.17) is 5.73 Å². The summed E-state index contributed by atoms with van der Waals surface area (Å²) >= 11 is 0. The van der Waals surface area contributed by atoms with Gasteiger partial charge in [0.05, 0.1) is 0 Å². The number of ketones is 1. The van der Waals surface area contributed by atoms with Gasteiger partial charge in [-0.15, -0.1) is 0 Å². The molecule has 32 heavy (non-hydrogen) atoms. The molecule has 1 heterocycles. The second kappa shape index (κ2) is 8.12. The van der Waals surface area contributed by atoms with E-state index in [0.29, 0.717) is 5.56 Å². The number of nitrogens with two attached hydrogens (primary N) is 1. The maximum atomic E-state index is 12.0. The molecule has 0 radical (unpaired) electrons. The molecule has 0 unspecified atom stereocenters. The number of Topliss-reactive ketones (excluding diaryl/α,β-unsaturated/α-hetero) is 1. The zero-order chi connectivity index (χ0) is 22.2. The molecule has 4 heteroatoms. The lowest BCUT2D eigenvalue weighted by Crippen LogP contribution is -2.23. The topological polar surface area (TPSA) is 75.9 Å². The maximum Gasteiger partial charge on any atom is 0.289 e. The molecule has 0 aliphatic heterocycles.